The van der Waals surface area contributed by atoms with Crippen LogP contribution in [0.15, 0.2) is 109 Å². The highest BCUT2D eigenvalue weighted by Gasteiger charge is 2.30. The van der Waals surface area contributed by atoms with Gasteiger partial charge in [0.25, 0.3) is 0 Å². The van der Waals surface area contributed by atoms with Crippen LogP contribution in [0.4, 0.5) is 0 Å². The van der Waals surface area contributed by atoms with Crippen LogP contribution in [0.2, 0.25) is 0 Å². The molecule has 0 spiro atoms. The van der Waals surface area contributed by atoms with Gasteiger partial charge in [0.15, 0.2) is 12.2 Å². The van der Waals surface area contributed by atoms with Crippen LogP contribution in [0.5, 0.6) is 0 Å². The summed E-state index contributed by atoms with van der Waals surface area (Å²) in [6.07, 6.45) is 83.4. The van der Waals surface area contributed by atoms with Crippen molar-refractivity contribution in [3.63, 3.8) is 0 Å². The number of allylic oxidation sites excluding steroid dienone is 18. The van der Waals surface area contributed by atoms with Gasteiger partial charge in [0.05, 0.1) is 26.4 Å². The molecule has 0 saturated heterocycles. The summed E-state index contributed by atoms with van der Waals surface area (Å²) in [6, 6.07) is 0. The molecule has 5 atom stereocenters. The molecule has 0 radical (unpaired) electrons. The van der Waals surface area contributed by atoms with E-state index in [4.69, 9.17) is 37.0 Å². The topological polar surface area (TPSA) is 237 Å². The van der Waals surface area contributed by atoms with Crippen molar-refractivity contribution in [2.75, 3.05) is 39.6 Å². The molecule has 0 aromatic carbocycles. The first-order chi connectivity index (χ1) is 50.7. The molecule has 0 aromatic rings. The number of phosphoric ester groups is 2. The lowest BCUT2D eigenvalue weighted by atomic mass is 10.0. The molecular formula is C85H148O17P2. The summed E-state index contributed by atoms with van der Waals surface area (Å²) < 4.78 is 68.7. The van der Waals surface area contributed by atoms with Crippen LogP contribution in [0, 0.1) is 0 Å². The third kappa shape index (κ3) is 75.9. The molecule has 0 aliphatic carbocycles. The summed E-state index contributed by atoms with van der Waals surface area (Å²) in [6.45, 7) is 4.60. The van der Waals surface area contributed by atoms with Crippen molar-refractivity contribution in [2.24, 2.45) is 0 Å². The summed E-state index contributed by atoms with van der Waals surface area (Å²) in [5.74, 6) is -2.20. The molecule has 0 aliphatic heterocycles. The highest BCUT2D eigenvalue weighted by atomic mass is 31.2. The molecule has 5 unspecified atom stereocenters. The van der Waals surface area contributed by atoms with Crippen molar-refractivity contribution in [3.8, 4) is 0 Å². The van der Waals surface area contributed by atoms with Crippen LogP contribution in [0.3, 0.4) is 0 Å². The highest BCUT2D eigenvalue weighted by molar-refractivity contribution is 7.47. The Morgan fingerprint density at radius 3 is 0.808 bits per heavy atom. The van der Waals surface area contributed by atoms with Crippen molar-refractivity contribution in [3.05, 3.63) is 109 Å². The minimum Gasteiger partial charge on any atom is -0.462 e. The number of carbonyl (C=O) groups is 4. The van der Waals surface area contributed by atoms with E-state index in [0.29, 0.717) is 25.7 Å². The van der Waals surface area contributed by atoms with Crippen LogP contribution in [-0.2, 0) is 65.4 Å². The first-order valence-electron chi connectivity index (χ1n) is 41.1. The third-order valence-electron chi connectivity index (χ3n) is 17.2. The average molecular weight is 1500 g/mol. The number of aliphatic hydroxyl groups excluding tert-OH is 1. The number of unbranched alkanes of at least 4 members (excludes halogenated alkanes) is 33. The molecule has 0 saturated carbocycles. The summed E-state index contributed by atoms with van der Waals surface area (Å²) in [4.78, 5) is 73.1. The van der Waals surface area contributed by atoms with E-state index in [0.717, 1.165) is 199 Å². The molecule has 0 rings (SSSR count). The van der Waals surface area contributed by atoms with Crippen LogP contribution in [-0.4, -0.2) is 96.7 Å². The average Bonchev–Trinajstić information content (AvgIpc) is 0.911. The van der Waals surface area contributed by atoms with Gasteiger partial charge < -0.3 is 33.8 Å². The molecule has 19 heteroatoms. The lowest BCUT2D eigenvalue weighted by molar-refractivity contribution is -0.161. The summed E-state index contributed by atoms with van der Waals surface area (Å²) in [5.41, 5.74) is 0. The second-order valence-electron chi connectivity index (χ2n) is 27.3. The molecule has 0 bridgehead atoms. The Morgan fingerprint density at radius 2 is 0.519 bits per heavy atom. The van der Waals surface area contributed by atoms with Gasteiger partial charge >= 0.3 is 39.5 Å². The molecule has 600 valence electrons. The van der Waals surface area contributed by atoms with Crippen LogP contribution < -0.4 is 0 Å². The maximum Gasteiger partial charge on any atom is 0.472 e. The van der Waals surface area contributed by atoms with E-state index < -0.39 is 97.5 Å². The normalized spacial score (nSPS) is 14.4. The largest absolute Gasteiger partial charge is 0.472 e. The van der Waals surface area contributed by atoms with E-state index >= 15 is 0 Å². The Hall–Kier alpha value is -4.28. The molecule has 0 aromatic heterocycles. The quantitative estimate of drug-likeness (QED) is 0.0169. The van der Waals surface area contributed by atoms with Crippen molar-refractivity contribution in [1.82, 2.24) is 0 Å². The fourth-order valence-corrected chi connectivity index (χ4v) is 12.6. The first kappa shape index (κ1) is 99.7. The predicted molar refractivity (Wildman–Crippen MR) is 427 cm³/mol. The first-order valence-corrected chi connectivity index (χ1v) is 44.1. The SMILES string of the molecule is CC/C=C\C/C=C\C/C=C\C/C=C\CCCCCCCCC(=O)OCC(COP(=O)(O)OCC(O)COP(=O)(O)OCC(COC(=O)CCCCCCCCCCCCCCCCC)OC(=O)CCCCCCC/C=C\C/C=C\CCC)OC(=O)CCCCCCCCC/C=C\C/C=C\C/C=C\CC. The monoisotopic (exact) mass is 1500 g/mol. The van der Waals surface area contributed by atoms with Crippen molar-refractivity contribution >= 4 is 39.5 Å². The Bertz CT molecular complexity index is 2390. The zero-order chi connectivity index (χ0) is 76.0. The minimum absolute atomic E-state index is 0.0791. The van der Waals surface area contributed by atoms with E-state index in [1.807, 2.05) is 0 Å². The lowest BCUT2D eigenvalue weighted by Crippen LogP contribution is -2.30. The Kier molecular flexibility index (Phi) is 73.7. The number of phosphoric acid groups is 2. The van der Waals surface area contributed by atoms with E-state index in [-0.39, 0.29) is 25.7 Å². The molecule has 0 amide bonds. The van der Waals surface area contributed by atoms with Crippen molar-refractivity contribution in [1.29, 1.82) is 0 Å². The molecule has 104 heavy (non-hydrogen) atoms. The number of hydrogen-bond acceptors (Lipinski definition) is 15. The molecule has 3 N–H and O–H groups in total. The molecule has 17 nitrogen and oxygen atoms in total. The zero-order valence-corrected chi connectivity index (χ0v) is 67.5. The smallest absolute Gasteiger partial charge is 0.462 e. The summed E-state index contributed by atoms with van der Waals surface area (Å²) >= 11 is 0. The van der Waals surface area contributed by atoms with E-state index in [9.17, 15) is 43.2 Å². The maximum atomic E-state index is 13.1. The minimum atomic E-state index is -4.99. The Balaban J connectivity index is 5.36. The Morgan fingerprint density at radius 1 is 0.279 bits per heavy atom. The van der Waals surface area contributed by atoms with Gasteiger partial charge in [-0.1, -0.05) is 310 Å². The van der Waals surface area contributed by atoms with Gasteiger partial charge in [-0.3, -0.25) is 37.3 Å². The standard InChI is InChI=1S/C85H148O17P2/c1-5-9-13-17-21-25-29-33-36-38-39-41-43-47-50-54-58-62-66-70-83(88)96-76-81(102-85(90)72-68-64-60-56-52-48-44-40-37-34-30-26-22-18-14-10-6-2)78-100-104(93,94)98-74-79(86)73-97-103(91,92)99-77-80(101-84(89)71-67-63-59-55-51-45-32-28-24-20-16-12-8-4)75-95-82(87)69-65-61-57-53-49-46-42-35-31-27-23-19-15-11-7-3/h9-10,13-14,16,20-22,25-26,28,32-34,36-37,39,41,79-81,86H,5-8,11-12,15,17-19,23-24,27,29-31,35,38,40,42-78H2,1-4H3,(H,91,92)(H,93,94)/b13-9-,14-10-,20-16-,25-21-,26-22-,32-28-,36-33-,37-34-,41-39-. The third-order valence-corrected chi connectivity index (χ3v) is 19.1. The van der Waals surface area contributed by atoms with Gasteiger partial charge in [0.1, 0.15) is 19.3 Å². The number of carbonyl (C=O) groups excluding carboxylic acids is 4. The number of hydrogen-bond donors (Lipinski definition) is 3. The summed E-state index contributed by atoms with van der Waals surface area (Å²) in [7, 11) is -9.97. The van der Waals surface area contributed by atoms with Gasteiger partial charge in [-0.05, 0) is 122 Å². The lowest BCUT2D eigenvalue weighted by Gasteiger charge is -2.21. The fourth-order valence-electron chi connectivity index (χ4n) is 11.0. The van der Waals surface area contributed by atoms with Crippen LogP contribution in [0.1, 0.15) is 349 Å². The van der Waals surface area contributed by atoms with Crippen LogP contribution >= 0.6 is 15.6 Å². The van der Waals surface area contributed by atoms with E-state index in [2.05, 4.69) is 137 Å². The van der Waals surface area contributed by atoms with Gasteiger partial charge in [-0.2, -0.15) is 0 Å². The second kappa shape index (κ2) is 76.9. The molecular weight excluding hydrogens is 1350 g/mol. The van der Waals surface area contributed by atoms with Crippen molar-refractivity contribution < 1.29 is 80.2 Å². The maximum absolute atomic E-state index is 13.1. The number of aliphatic hydroxyl groups is 1. The molecule has 0 heterocycles. The fraction of sp³-hybridized carbons (Fsp3) is 0.741. The second-order valence-corrected chi connectivity index (χ2v) is 30.2. The molecule has 0 fully saturated rings. The van der Waals surface area contributed by atoms with Gasteiger partial charge in [-0.15, -0.1) is 0 Å². The van der Waals surface area contributed by atoms with Gasteiger partial charge in [0.2, 0.25) is 0 Å². The highest BCUT2D eigenvalue weighted by Crippen LogP contribution is 2.45. The van der Waals surface area contributed by atoms with Crippen molar-refractivity contribution in [2.45, 2.75) is 367 Å². The zero-order valence-electron chi connectivity index (χ0n) is 65.7. The van der Waals surface area contributed by atoms with Gasteiger partial charge in [-0.25, -0.2) is 9.13 Å². The van der Waals surface area contributed by atoms with Gasteiger partial charge in [0, 0.05) is 25.7 Å². The van der Waals surface area contributed by atoms with E-state index in [1.165, 1.54) is 70.6 Å². The Labute approximate surface area is 632 Å². The van der Waals surface area contributed by atoms with Crippen LogP contribution in [0.25, 0.3) is 0 Å². The number of esters is 4. The number of rotatable bonds is 77. The summed E-state index contributed by atoms with van der Waals surface area (Å²) in [5, 5.41) is 10.7. The number of ether oxygens (including phenoxy) is 4. The molecule has 0 aliphatic rings. The van der Waals surface area contributed by atoms with E-state index in [1.54, 1.807) is 0 Å². The predicted octanol–water partition coefficient (Wildman–Crippen LogP) is 24.1.